The molecule has 17 heteroatoms. The highest BCUT2D eigenvalue weighted by molar-refractivity contribution is 7.90. The third-order valence-electron chi connectivity index (χ3n) is 10.8. The second-order valence-electron chi connectivity index (χ2n) is 20.2. The molecule has 72 heavy (non-hydrogen) atoms. The molecule has 0 spiro atoms. The van der Waals surface area contributed by atoms with Crippen molar-refractivity contribution in [2.75, 3.05) is 11.1 Å². The Morgan fingerprint density at radius 3 is 1.60 bits per heavy atom. The van der Waals surface area contributed by atoms with E-state index in [-0.39, 0.29) is 17.2 Å². The summed E-state index contributed by atoms with van der Waals surface area (Å²) in [6.07, 6.45) is 4.17. The number of aromatic nitrogens is 2. The number of anilines is 2. The number of aryl methyl sites for hydroxylation is 2. The molecule has 0 bridgehead atoms. The summed E-state index contributed by atoms with van der Waals surface area (Å²) in [5.74, 6) is 0.117. The zero-order valence-electron chi connectivity index (χ0n) is 42.6. The Morgan fingerprint density at radius 1 is 0.639 bits per heavy atom. The van der Waals surface area contributed by atoms with Crippen molar-refractivity contribution in [2.24, 2.45) is 0 Å². The number of hydrogen-bond acceptors (Lipinski definition) is 13. The van der Waals surface area contributed by atoms with Gasteiger partial charge in [-0.15, -0.1) is 0 Å². The van der Waals surface area contributed by atoms with Crippen LogP contribution in [0.25, 0.3) is 22.3 Å². The molecule has 8 rings (SSSR count). The lowest BCUT2D eigenvalue weighted by Crippen LogP contribution is -2.40. The fourth-order valence-electron chi connectivity index (χ4n) is 7.70. The minimum atomic E-state index is -3.70. The Bertz CT molecular complexity index is 3130. The van der Waals surface area contributed by atoms with Crippen LogP contribution in [0.15, 0.2) is 119 Å². The number of pyridine rings is 2. The van der Waals surface area contributed by atoms with Crippen molar-refractivity contribution in [3.05, 3.63) is 143 Å². The lowest BCUT2D eigenvalue weighted by Gasteiger charge is -2.34. The van der Waals surface area contributed by atoms with Gasteiger partial charge in [-0.25, -0.2) is 26.3 Å². The Balaban J connectivity index is 0.000000220. The van der Waals surface area contributed by atoms with Crippen molar-refractivity contribution < 1.29 is 40.6 Å². The van der Waals surface area contributed by atoms with Gasteiger partial charge in [0, 0.05) is 96.9 Å². The van der Waals surface area contributed by atoms with Crippen LogP contribution in [-0.2, 0) is 49.3 Å². The molecular formula is C55H70N6O9S2. The van der Waals surface area contributed by atoms with Crippen LogP contribution in [0, 0.1) is 13.8 Å². The predicted octanol–water partition coefficient (Wildman–Crippen LogP) is 10.9. The first kappa shape index (κ1) is 56.7. The van der Waals surface area contributed by atoms with Crippen molar-refractivity contribution in [2.45, 2.75) is 143 Å². The van der Waals surface area contributed by atoms with Crippen LogP contribution in [0.2, 0.25) is 0 Å². The number of rotatable bonds is 10. The van der Waals surface area contributed by atoms with Crippen LogP contribution in [0.4, 0.5) is 11.4 Å². The average molecular weight is 1020 g/mol. The minimum Gasteiger partial charge on any atom is -0.461 e. The van der Waals surface area contributed by atoms with Gasteiger partial charge in [-0.05, 0) is 108 Å². The van der Waals surface area contributed by atoms with Gasteiger partial charge in [-0.2, -0.15) is 0 Å². The topological polar surface area (TPSA) is 210 Å². The first-order valence-corrected chi connectivity index (χ1v) is 26.1. The van der Waals surface area contributed by atoms with E-state index >= 15 is 0 Å². The fraction of sp³-hybridized carbons (Fsp3) is 0.364. The van der Waals surface area contributed by atoms with E-state index in [0.717, 1.165) is 56.9 Å². The maximum atomic E-state index is 13.1. The Kier molecular flexibility index (Phi) is 17.5. The average Bonchev–Trinajstić information content (AvgIpc) is 3.28. The van der Waals surface area contributed by atoms with E-state index in [1.165, 1.54) is 0 Å². The van der Waals surface area contributed by atoms with E-state index < -0.39 is 42.7 Å². The number of nitrogens with one attached hydrogen (secondary N) is 3. The zero-order chi connectivity index (χ0) is 52.2. The molecule has 0 amide bonds. The van der Waals surface area contributed by atoms with Crippen LogP contribution < -0.4 is 30.0 Å². The van der Waals surface area contributed by atoms with Gasteiger partial charge in [0.05, 0.1) is 34.4 Å². The summed E-state index contributed by atoms with van der Waals surface area (Å²) in [5, 5.41) is 3.44. The summed E-state index contributed by atoms with van der Waals surface area (Å²) in [7, 11) is -7.30. The highest BCUT2D eigenvalue weighted by Crippen LogP contribution is 2.37. The van der Waals surface area contributed by atoms with E-state index in [0.29, 0.717) is 47.9 Å². The van der Waals surface area contributed by atoms with Gasteiger partial charge in [0.15, 0.2) is 12.0 Å². The maximum absolute atomic E-state index is 13.1. The van der Waals surface area contributed by atoms with Crippen molar-refractivity contribution >= 4 is 37.7 Å². The summed E-state index contributed by atoms with van der Waals surface area (Å²) in [6, 6.07) is 28.9. The molecular weight excluding hydrogens is 953 g/mol. The summed E-state index contributed by atoms with van der Waals surface area (Å²) in [4.78, 5) is 19.9. The van der Waals surface area contributed by atoms with Crippen LogP contribution in [0.1, 0.15) is 115 Å². The van der Waals surface area contributed by atoms with Crippen LogP contribution in [-0.4, -0.2) is 55.7 Å². The first-order chi connectivity index (χ1) is 33.1. The molecule has 0 saturated heterocycles. The molecule has 0 unspecified atom stereocenters. The lowest BCUT2D eigenvalue weighted by molar-refractivity contribution is -0.181. The monoisotopic (exact) mass is 1020 g/mol. The Labute approximate surface area is 426 Å². The maximum Gasteiger partial charge on any atom is 0.241 e. The third kappa shape index (κ3) is 14.7. The summed E-state index contributed by atoms with van der Waals surface area (Å²) in [6.45, 7) is 23.5. The second-order valence-corrected chi connectivity index (χ2v) is 23.5. The van der Waals surface area contributed by atoms with Gasteiger partial charge in [0.25, 0.3) is 0 Å². The second kappa shape index (κ2) is 22.3. The van der Waals surface area contributed by atoms with Crippen LogP contribution >= 0.6 is 0 Å². The Morgan fingerprint density at radius 2 is 1.10 bits per heavy atom. The zero-order valence-corrected chi connectivity index (χ0v) is 44.2. The molecule has 2 aliphatic rings. The molecule has 15 nitrogen and oxygen atoms in total. The number of nitrogen functional groups attached to an aromatic ring is 1. The van der Waals surface area contributed by atoms with E-state index in [1.807, 2.05) is 144 Å². The van der Waals surface area contributed by atoms with Crippen LogP contribution in [0.5, 0.6) is 11.5 Å². The van der Waals surface area contributed by atoms with Gasteiger partial charge in [0.1, 0.15) is 5.75 Å². The molecule has 2 aliphatic heterocycles. The molecule has 386 valence electrons. The number of hydrogen-bond donors (Lipinski definition) is 4. The molecule has 5 N–H and O–H groups in total. The normalized spacial score (nSPS) is 14.7. The van der Waals surface area contributed by atoms with Crippen LogP contribution in [0.3, 0.4) is 0 Å². The predicted molar refractivity (Wildman–Crippen MR) is 285 cm³/mol. The van der Waals surface area contributed by atoms with Gasteiger partial charge in [-0.1, -0.05) is 68.1 Å². The molecule has 6 aromatic rings. The van der Waals surface area contributed by atoms with E-state index in [4.69, 9.17) is 24.7 Å². The molecule has 0 fully saturated rings. The van der Waals surface area contributed by atoms with Crippen molar-refractivity contribution in [3.63, 3.8) is 0 Å². The van der Waals surface area contributed by atoms with Gasteiger partial charge >= 0.3 is 0 Å². The Hall–Kier alpha value is -6.21. The fourth-order valence-corrected chi connectivity index (χ4v) is 11.0. The molecule has 4 aromatic carbocycles. The number of sulfonamides is 2. The molecule has 0 saturated carbocycles. The van der Waals surface area contributed by atoms with Crippen molar-refractivity contribution in [3.8, 4) is 33.8 Å². The smallest absolute Gasteiger partial charge is 0.241 e. The van der Waals surface area contributed by atoms with Gasteiger partial charge < -0.3 is 30.0 Å². The summed E-state index contributed by atoms with van der Waals surface area (Å²) in [5.41, 5.74) is 13.9. The number of nitrogens with two attached hydrogens (primary N) is 1. The molecule has 0 atom stereocenters. The van der Waals surface area contributed by atoms with Crippen molar-refractivity contribution in [1.29, 1.82) is 0 Å². The number of carbonyl (C=O) groups excluding carboxylic acids is 1. The highest BCUT2D eigenvalue weighted by Gasteiger charge is 2.32. The molecule has 0 radical (unpaired) electrons. The van der Waals surface area contributed by atoms with Crippen molar-refractivity contribution in [1.82, 2.24) is 19.4 Å². The number of nitrogens with zero attached hydrogens (tertiary/aromatic N) is 2. The van der Waals surface area contributed by atoms with Gasteiger partial charge in [0.2, 0.25) is 31.6 Å². The number of aldehydes is 1. The largest absolute Gasteiger partial charge is 0.461 e. The standard InChI is InChI=1S/C27H33N3O4S.C16H20N2O2S.C11H13NO3.CH4/c1-18-25-23(17-33-27(5,6)34-25)20(15-28-18)16-29-21-11-9-10-19(14-21)22-12-7-8-13-24(22)35(31,32)30-26(2,3)4;1-16(2,3)18-21(19,20)15-10-5-4-9-14(15)12-7-6-8-13(17)11-12;1-7-10-9(8(5-13)4-12-7)6-14-11(2,3)15-10;/h7-15,29-30H,16-17H2,1-6H3;4-11,18H,17H2,1-3H3;4-5H,6H2,1-3H3;1H4. The van der Waals surface area contributed by atoms with E-state index in [9.17, 15) is 21.6 Å². The molecule has 0 aliphatic carbocycles. The highest BCUT2D eigenvalue weighted by atomic mass is 32.2. The number of benzene rings is 4. The lowest BCUT2D eigenvalue weighted by atomic mass is 10.0. The third-order valence-corrected chi connectivity index (χ3v) is 14.4. The number of fused-ring (bicyclic) bond motifs is 2. The minimum absolute atomic E-state index is 0. The quantitative estimate of drug-likeness (QED) is 0.0744. The summed E-state index contributed by atoms with van der Waals surface area (Å²) >= 11 is 0. The molecule has 2 aromatic heterocycles. The SMILES string of the molecule is C.CC(C)(C)NS(=O)(=O)c1ccccc1-c1cccc(N)c1.Cc1ncc(C=O)c2c1OC(C)(C)OC2.Cc1ncc(CNc2cccc(-c3ccccc3S(=O)(=O)NC(C)(C)C)c2)c2c1OC(C)(C)OC2. The summed E-state index contributed by atoms with van der Waals surface area (Å²) < 4.78 is 79.8. The van der Waals surface area contributed by atoms with Gasteiger partial charge in [-0.3, -0.25) is 14.8 Å². The number of carbonyl (C=O) groups is 1. The molecule has 4 heterocycles. The number of ether oxygens (including phenoxy) is 4. The van der Waals surface area contributed by atoms with E-state index in [1.54, 1.807) is 48.7 Å². The van der Waals surface area contributed by atoms with E-state index in [2.05, 4.69) is 24.7 Å². The first-order valence-electron chi connectivity index (χ1n) is 23.1.